The monoisotopic (exact) mass is 764 g/mol. The van der Waals surface area contributed by atoms with Gasteiger partial charge < -0.3 is 15.5 Å². The van der Waals surface area contributed by atoms with E-state index in [0.717, 1.165) is 83.5 Å². The molecule has 1 amide bonds. The summed E-state index contributed by atoms with van der Waals surface area (Å²) in [5, 5.41) is 23.2. The summed E-state index contributed by atoms with van der Waals surface area (Å²) in [6.07, 6.45) is 66.6. The number of rotatable bonds is 41. The zero-order valence-corrected chi connectivity index (χ0v) is 36.2. The Hall–Kier alpha value is -2.43. The van der Waals surface area contributed by atoms with E-state index in [1.807, 2.05) is 0 Å². The fourth-order valence-electron chi connectivity index (χ4n) is 6.63. The summed E-state index contributed by atoms with van der Waals surface area (Å²) < 4.78 is 0. The molecule has 4 nitrogen and oxygen atoms in total. The number of hydrogen-bond donors (Lipinski definition) is 3. The van der Waals surface area contributed by atoms with E-state index in [9.17, 15) is 15.0 Å². The number of aliphatic hydroxyl groups excluding tert-OH is 2. The lowest BCUT2D eigenvalue weighted by molar-refractivity contribution is -0.123. The predicted octanol–water partition coefficient (Wildman–Crippen LogP) is 14.9. The Morgan fingerprint density at radius 3 is 1.20 bits per heavy atom. The van der Waals surface area contributed by atoms with Gasteiger partial charge in [-0.2, -0.15) is 0 Å². The SMILES string of the molecule is CC/C=C\C/C=C\C/C=C\C/C=C\C/C=C\C/C=C\C/C=C\CCCCCCCCCC(=O)NC(CO)C(O)CCCCCCCCCCCCCCCC. The van der Waals surface area contributed by atoms with Gasteiger partial charge in [-0.1, -0.05) is 221 Å². The number of hydrogen-bond acceptors (Lipinski definition) is 3. The number of allylic oxidation sites excluding steroid dienone is 14. The predicted molar refractivity (Wildman–Crippen MR) is 243 cm³/mol. The average molecular weight is 764 g/mol. The lowest BCUT2D eigenvalue weighted by Gasteiger charge is -2.22. The molecular formula is C51H89NO3. The van der Waals surface area contributed by atoms with Crippen molar-refractivity contribution in [3.05, 3.63) is 85.1 Å². The van der Waals surface area contributed by atoms with E-state index in [0.29, 0.717) is 12.8 Å². The summed E-state index contributed by atoms with van der Waals surface area (Å²) in [5.74, 6) is -0.0464. The van der Waals surface area contributed by atoms with Crippen molar-refractivity contribution in [1.29, 1.82) is 0 Å². The van der Waals surface area contributed by atoms with Crippen LogP contribution in [0.15, 0.2) is 85.1 Å². The summed E-state index contributed by atoms with van der Waals surface area (Å²) in [7, 11) is 0. The van der Waals surface area contributed by atoms with Crippen molar-refractivity contribution >= 4 is 5.91 Å². The average Bonchev–Trinajstić information content (AvgIpc) is 3.19. The van der Waals surface area contributed by atoms with Crippen molar-refractivity contribution in [3.63, 3.8) is 0 Å². The van der Waals surface area contributed by atoms with E-state index in [4.69, 9.17) is 0 Å². The molecule has 0 aliphatic heterocycles. The maximum Gasteiger partial charge on any atom is 0.220 e. The van der Waals surface area contributed by atoms with Crippen molar-refractivity contribution in [2.24, 2.45) is 0 Å². The van der Waals surface area contributed by atoms with Crippen molar-refractivity contribution in [2.45, 2.75) is 225 Å². The van der Waals surface area contributed by atoms with E-state index >= 15 is 0 Å². The van der Waals surface area contributed by atoms with Crippen LogP contribution in [0.1, 0.15) is 213 Å². The zero-order valence-electron chi connectivity index (χ0n) is 36.2. The topological polar surface area (TPSA) is 69.6 Å². The molecule has 3 N–H and O–H groups in total. The van der Waals surface area contributed by atoms with Crippen molar-refractivity contribution in [2.75, 3.05) is 6.61 Å². The van der Waals surface area contributed by atoms with Gasteiger partial charge in [-0.3, -0.25) is 4.79 Å². The van der Waals surface area contributed by atoms with Crippen molar-refractivity contribution in [1.82, 2.24) is 5.32 Å². The Balaban J connectivity index is 3.61. The van der Waals surface area contributed by atoms with Gasteiger partial charge in [-0.05, 0) is 70.6 Å². The molecule has 2 atom stereocenters. The van der Waals surface area contributed by atoms with Gasteiger partial charge >= 0.3 is 0 Å². The molecule has 55 heavy (non-hydrogen) atoms. The van der Waals surface area contributed by atoms with Crippen LogP contribution in [0.3, 0.4) is 0 Å². The number of carbonyl (C=O) groups excluding carboxylic acids is 1. The summed E-state index contributed by atoms with van der Waals surface area (Å²) in [6.45, 7) is 4.23. The molecule has 0 aliphatic carbocycles. The first-order valence-electron chi connectivity index (χ1n) is 23.3. The lowest BCUT2D eigenvalue weighted by atomic mass is 10.0. The highest BCUT2D eigenvalue weighted by Crippen LogP contribution is 2.15. The molecule has 0 fully saturated rings. The van der Waals surface area contributed by atoms with Gasteiger partial charge in [-0.25, -0.2) is 0 Å². The summed E-state index contributed by atoms with van der Waals surface area (Å²) >= 11 is 0. The minimum atomic E-state index is -0.669. The van der Waals surface area contributed by atoms with Gasteiger partial charge in [0.1, 0.15) is 0 Å². The Kier molecular flexibility index (Phi) is 43.9. The molecule has 316 valence electrons. The fraction of sp³-hybridized carbons (Fsp3) is 0.706. The van der Waals surface area contributed by atoms with E-state index in [-0.39, 0.29) is 12.5 Å². The van der Waals surface area contributed by atoms with Gasteiger partial charge in [0, 0.05) is 6.42 Å². The Morgan fingerprint density at radius 2 is 0.800 bits per heavy atom. The molecule has 0 aromatic heterocycles. The Labute approximate surface area is 341 Å². The second-order valence-electron chi connectivity index (χ2n) is 15.4. The summed E-state index contributed by atoms with van der Waals surface area (Å²) in [6, 6.07) is -0.547. The molecule has 0 radical (unpaired) electrons. The molecule has 0 aliphatic rings. The second kappa shape index (κ2) is 46.0. The Morgan fingerprint density at radius 1 is 0.455 bits per heavy atom. The lowest BCUT2D eigenvalue weighted by Crippen LogP contribution is -2.45. The van der Waals surface area contributed by atoms with E-state index < -0.39 is 12.1 Å². The molecule has 0 aromatic rings. The first-order valence-corrected chi connectivity index (χ1v) is 23.3. The third kappa shape index (κ3) is 42.6. The van der Waals surface area contributed by atoms with Crippen LogP contribution in [0.5, 0.6) is 0 Å². The van der Waals surface area contributed by atoms with Gasteiger partial charge in [0.15, 0.2) is 0 Å². The minimum Gasteiger partial charge on any atom is -0.394 e. The van der Waals surface area contributed by atoms with E-state index in [1.165, 1.54) is 103 Å². The number of aliphatic hydroxyl groups is 2. The molecule has 0 saturated heterocycles. The van der Waals surface area contributed by atoms with Crippen LogP contribution in [0, 0.1) is 0 Å². The molecule has 0 heterocycles. The molecule has 2 unspecified atom stereocenters. The third-order valence-corrected chi connectivity index (χ3v) is 10.2. The second-order valence-corrected chi connectivity index (χ2v) is 15.4. The number of amides is 1. The summed E-state index contributed by atoms with van der Waals surface area (Å²) in [5.41, 5.74) is 0. The number of unbranched alkanes of at least 4 members (excludes halogenated alkanes) is 20. The van der Waals surface area contributed by atoms with Crippen LogP contribution < -0.4 is 5.32 Å². The first-order chi connectivity index (χ1) is 27.2. The smallest absolute Gasteiger partial charge is 0.220 e. The van der Waals surface area contributed by atoms with Crippen LogP contribution in [0.2, 0.25) is 0 Å². The minimum absolute atomic E-state index is 0.0464. The maximum absolute atomic E-state index is 12.4. The first kappa shape index (κ1) is 52.6. The van der Waals surface area contributed by atoms with Gasteiger partial charge in [0.2, 0.25) is 5.91 Å². The molecule has 0 saturated carbocycles. The largest absolute Gasteiger partial charge is 0.394 e. The van der Waals surface area contributed by atoms with Gasteiger partial charge in [0.05, 0.1) is 18.8 Å². The third-order valence-electron chi connectivity index (χ3n) is 10.2. The molecule has 0 rings (SSSR count). The van der Waals surface area contributed by atoms with Crippen molar-refractivity contribution < 1.29 is 15.0 Å². The van der Waals surface area contributed by atoms with E-state index in [1.54, 1.807) is 0 Å². The number of carbonyl (C=O) groups is 1. The fourth-order valence-corrected chi connectivity index (χ4v) is 6.63. The molecule has 0 aromatic carbocycles. The quantitative estimate of drug-likeness (QED) is 0.0429. The zero-order chi connectivity index (χ0) is 40.0. The van der Waals surface area contributed by atoms with Crippen LogP contribution in [-0.4, -0.2) is 34.9 Å². The number of nitrogens with one attached hydrogen (secondary N) is 1. The van der Waals surface area contributed by atoms with Gasteiger partial charge in [-0.15, -0.1) is 0 Å². The summed E-state index contributed by atoms with van der Waals surface area (Å²) in [4.78, 5) is 12.4. The normalized spacial score (nSPS) is 13.7. The van der Waals surface area contributed by atoms with Crippen molar-refractivity contribution in [3.8, 4) is 0 Å². The molecule has 0 spiro atoms. The Bertz CT molecular complexity index is 1000. The highest BCUT2D eigenvalue weighted by molar-refractivity contribution is 5.76. The standard InChI is InChI=1S/C51H89NO3/c1-3-5-7-9-11-13-15-17-19-20-21-22-23-24-25-26-27-28-29-30-31-32-33-35-37-39-41-43-45-47-51(55)52-49(48-53)50(54)46-44-42-40-38-36-34-18-16-14-12-10-8-6-4-2/h5,7,11,13,17,19,21-22,24-25,27-28,30-31,49-50,53-54H,3-4,6,8-10,12,14-16,18,20,23,26,29,32-48H2,1-2H3,(H,52,55)/b7-5-,13-11-,19-17-,22-21-,25-24-,28-27-,31-30-. The van der Waals surface area contributed by atoms with E-state index in [2.05, 4.69) is 104 Å². The maximum atomic E-state index is 12.4. The molecular weight excluding hydrogens is 675 g/mol. The highest BCUT2D eigenvalue weighted by atomic mass is 16.3. The van der Waals surface area contributed by atoms with Crippen LogP contribution >= 0.6 is 0 Å². The highest BCUT2D eigenvalue weighted by Gasteiger charge is 2.20. The molecule has 4 heteroatoms. The van der Waals surface area contributed by atoms with Crippen LogP contribution in [0.4, 0.5) is 0 Å². The van der Waals surface area contributed by atoms with Crippen LogP contribution in [-0.2, 0) is 4.79 Å². The van der Waals surface area contributed by atoms with Crippen LogP contribution in [0.25, 0.3) is 0 Å². The van der Waals surface area contributed by atoms with Gasteiger partial charge in [0.25, 0.3) is 0 Å². The molecule has 0 bridgehead atoms.